The highest BCUT2D eigenvalue weighted by atomic mass is 15.1. The number of fused-ring (bicyclic) bond motifs is 10. The fourth-order valence-corrected chi connectivity index (χ4v) is 9.70. The molecule has 0 aliphatic rings. The molecule has 1 heterocycles. The zero-order valence-electron chi connectivity index (χ0n) is 34.0. The number of aromatic nitrogens is 1. The predicted molar refractivity (Wildman–Crippen MR) is 264 cm³/mol. The molecule has 2 heteroatoms. The zero-order valence-corrected chi connectivity index (χ0v) is 34.0. The lowest BCUT2D eigenvalue weighted by atomic mass is 9.93. The molecule has 0 N–H and O–H groups in total. The Labute approximate surface area is 360 Å². The Bertz CT molecular complexity index is 3590. The number of anilines is 3. The Morgan fingerprint density at radius 3 is 1.47 bits per heavy atom. The summed E-state index contributed by atoms with van der Waals surface area (Å²) in [6, 6.07) is 88.2. The van der Waals surface area contributed by atoms with Crippen LogP contribution >= 0.6 is 0 Å². The van der Waals surface area contributed by atoms with E-state index in [0.29, 0.717) is 0 Å². The van der Waals surface area contributed by atoms with Crippen LogP contribution in [0.1, 0.15) is 0 Å². The molecule has 0 bridgehead atoms. The van der Waals surface area contributed by atoms with Crippen molar-refractivity contribution >= 4 is 71.2 Å². The van der Waals surface area contributed by atoms with Gasteiger partial charge in [-0.05, 0) is 97.9 Å². The minimum absolute atomic E-state index is 1.10. The SMILES string of the molecule is c1ccc(-c2ccc(N(c3ccc(-c4ccc(-n5c6ccccc6c6c7c8ccccc8ccc7c7ccccc7c65)cc4)cc3)c3ccccc3-c3ccccc3)cc2)cc1. The highest BCUT2D eigenvalue weighted by molar-refractivity contribution is 6.36. The first kappa shape index (κ1) is 35.7. The lowest BCUT2D eigenvalue weighted by molar-refractivity contribution is 1.19. The Morgan fingerprint density at radius 1 is 0.290 bits per heavy atom. The molecule has 12 aromatic rings. The molecule has 0 amide bonds. The van der Waals surface area contributed by atoms with Crippen molar-refractivity contribution in [2.24, 2.45) is 0 Å². The van der Waals surface area contributed by atoms with Crippen LogP contribution in [0.25, 0.3) is 93.2 Å². The fourth-order valence-electron chi connectivity index (χ4n) is 9.70. The summed E-state index contributed by atoms with van der Waals surface area (Å²) in [4.78, 5) is 2.38. The maximum absolute atomic E-state index is 2.48. The summed E-state index contributed by atoms with van der Waals surface area (Å²) in [6.45, 7) is 0. The van der Waals surface area contributed by atoms with E-state index < -0.39 is 0 Å². The largest absolute Gasteiger partial charge is 0.310 e. The van der Waals surface area contributed by atoms with Gasteiger partial charge in [0.2, 0.25) is 0 Å². The van der Waals surface area contributed by atoms with Crippen LogP contribution in [0.4, 0.5) is 17.1 Å². The summed E-state index contributed by atoms with van der Waals surface area (Å²) < 4.78 is 2.48. The minimum atomic E-state index is 1.10. The number of nitrogens with zero attached hydrogens (tertiary/aromatic N) is 2. The first-order valence-electron chi connectivity index (χ1n) is 21.3. The number of benzene rings is 11. The quantitative estimate of drug-likeness (QED) is 0.146. The molecule has 1 aromatic heterocycles. The van der Waals surface area contributed by atoms with E-state index in [0.717, 1.165) is 22.7 Å². The molecule has 12 rings (SSSR count). The minimum Gasteiger partial charge on any atom is -0.310 e. The summed E-state index contributed by atoms with van der Waals surface area (Å²) in [5.41, 5.74) is 14.0. The highest BCUT2D eigenvalue weighted by Crippen LogP contribution is 2.46. The van der Waals surface area contributed by atoms with Crippen molar-refractivity contribution in [2.45, 2.75) is 0 Å². The third-order valence-corrected chi connectivity index (χ3v) is 12.6. The molecule has 0 saturated heterocycles. The Morgan fingerprint density at radius 2 is 0.790 bits per heavy atom. The van der Waals surface area contributed by atoms with Gasteiger partial charge in [-0.15, -0.1) is 0 Å². The van der Waals surface area contributed by atoms with Crippen molar-refractivity contribution in [3.8, 4) is 39.1 Å². The molecule has 0 aliphatic carbocycles. The first-order valence-corrected chi connectivity index (χ1v) is 21.3. The molecule has 0 unspecified atom stereocenters. The third-order valence-electron chi connectivity index (χ3n) is 12.6. The number of hydrogen-bond donors (Lipinski definition) is 0. The maximum atomic E-state index is 2.48. The lowest BCUT2D eigenvalue weighted by Gasteiger charge is -2.28. The molecule has 0 fully saturated rings. The van der Waals surface area contributed by atoms with Gasteiger partial charge in [-0.2, -0.15) is 0 Å². The van der Waals surface area contributed by atoms with Crippen LogP contribution in [0.2, 0.25) is 0 Å². The molecule has 0 saturated carbocycles. The molecule has 0 spiro atoms. The van der Waals surface area contributed by atoms with Gasteiger partial charge in [0.05, 0.1) is 16.7 Å². The van der Waals surface area contributed by atoms with Crippen molar-refractivity contribution in [1.29, 1.82) is 0 Å². The molecule has 62 heavy (non-hydrogen) atoms. The number of rotatable bonds is 7. The van der Waals surface area contributed by atoms with Gasteiger partial charge >= 0.3 is 0 Å². The monoisotopic (exact) mass is 788 g/mol. The number of hydrogen-bond acceptors (Lipinski definition) is 1. The lowest BCUT2D eigenvalue weighted by Crippen LogP contribution is -2.11. The van der Waals surface area contributed by atoms with E-state index in [2.05, 4.69) is 252 Å². The average Bonchev–Trinajstić information content (AvgIpc) is 3.70. The fraction of sp³-hybridized carbons (Fsp3) is 0. The summed E-state index contributed by atoms with van der Waals surface area (Å²) in [5, 5.41) is 10.3. The topological polar surface area (TPSA) is 8.17 Å². The Balaban J connectivity index is 0.967. The van der Waals surface area contributed by atoms with E-state index in [-0.39, 0.29) is 0 Å². The molecule has 2 nitrogen and oxygen atoms in total. The molecule has 0 radical (unpaired) electrons. The normalized spacial score (nSPS) is 11.5. The van der Waals surface area contributed by atoms with Crippen molar-refractivity contribution in [3.63, 3.8) is 0 Å². The van der Waals surface area contributed by atoms with Crippen LogP contribution in [-0.4, -0.2) is 4.57 Å². The average molecular weight is 789 g/mol. The van der Waals surface area contributed by atoms with E-state index in [1.807, 2.05) is 0 Å². The molecular weight excluding hydrogens is 749 g/mol. The first-order chi connectivity index (χ1) is 30.8. The molecule has 0 atom stereocenters. The van der Waals surface area contributed by atoms with Crippen molar-refractivity contribution in [2.75, 3.05) is 4.90 Å². The number of para-hydroxylation sites is 2. The van der Waals surface area contributed by atoms with Gasteiger partial charge in [-0.3, -0.25) is 0 Å². The van der Waals surface area contributed by atoms with E-state index in [1.165, 1.54) is 87.5 Å². The van der Waals surface area contributed by atoms with E-state index in [4.69, 9.17) is 0 Å². The second-order valence-corrected chi connectivity index (χ2v) is 16.1. The second-order valence-electron chi connectivity index (χ2n) is 16.1. The van der Waals surface area contributed by atoms with Gasteiger partial charge in [-0.25, -0.2) is 0 Å². The Hall–Kier alpha value is -8.20. The smallest absolute Gasteiger partial charge is 0.0626 e. The Kier molecular flexibility index (Phi) is 8.53. The summed E-state index contributed by atoms with van der Waals surface area (Å²) in [5.74, 6) is 0. The zero-order chi connectivity index (χ0) is 41.0. The standard InChI is InChI=1S/C60H40N2/c1-3-15-41(16-4-1)42-27-34-47(35-28-42)61(56-25-13-11-20-50(56)45-17-5-2-6-18-45)48-36-29-43(30-37-48)44-31-38-49(39-32-44)62-57-26-14-12-24-55(57)59-58-51-21-8-7-19-46(51)33-40-53(58)52-22-9-10-23-54(52)60(59)62/h1-40H. The molecular formula is C60H40N2. The maximum Gasteiger partial charge on any atom is 0.0626 e. The van der Waals surface area contributed by atoms with E-state index in [9.17, 15) is 0 Å². The highest BCUT2D eigenvalue weighted by Gasteiger charge is 2.21. The van der Waals surface area contributed by atoms with Crippen LogP contribution in [0.15, 0.2) is 243 Å². The van der Waals surface area contributed by atoms with Crippen LogP contribution in [0.5, 0.6) is 0 Å². The predicted octanol–water partition coefficient (Wildman–Crippen LogP) is 16.7. The van der Waals surface area contributed by atoms with Gasteiger partial charge in [0.1, 0.15) is 0 Å². The van der Waals surface area contributed by atoms with Crippen LogP contribution in [-0.2, 0) is 0 Å². The van der Waals surface area contributed by atoms with Crippen molar-refractivity contribution in [3.05, 3.63) is 243 Å². The molecule has 290 valence electrons. The van der Waals surface area contributed by atoms with Crippen molar-refractivity contribution < 1.29 is 0 Å². The van der Waals surface area contributed by atoms with Gasteiger partial charge in [0, 0.05) is 44.2 Å². The molecule has 11 aromatic carbocycles. The van der Waals surface area contributed by atoms with Gasteiger partial charge in [0.25, 0.3) is 0 Å². The van der Waals surface area contributed by atoms with Crippen LogP contribution in [0.3, 0.4) is 0 Å². The van der Waals surface area contributed by atoms with Crippen molar-refractivity contribution in [1.82, 2.24) is 4.57 Å². The summed E-state index contributed by atoms with van der Waals surface area (Å²) in [6.07, 6.45) is 0. The summed E-state index contributed by atoms with van der Waals surface area (Å²) in [7, 11) is 0. The second kappa shape index (κ2) is 14.8. The van der Waals surface area contributed by atoms with Crippen LogP contribution < -0.4 is 4.90 Å². The van der Waals surface area contributed by atoms with E-state index in [1.54, 1.807) is 0 Å². The summed E-state index contributed by atoms with van der Waals surface area (Å²) >= 11 is 0. The molecule has 0 aliphatic heterocycles. The van der Waals surface area contributed by atoms with Gasteiger partial charge in [-0.1, -0.05) is 194 Å². The van der Waals surface area contributed by atoms with Gasteiger partial charge in [0.15, 0.2) is 0 Å². The van der Waals surface area contributed by atoms with E-state index >= 15 is 0 Å². The van der Waals surface area contributed by atoms with Crippen LogP contribution in [0, 0.1) is 0 Å². The van der Waals surface area contributed by atoms with Gasteiger partial charge < -0.3 is 9.47 Å². The third kappa shape index (κ3) is 5.88.